The van der Waals surface area contributed by atoms with Crippen LogP contribution >= 0.6 is 0 Å². The Balaban J connectivity index is 1.96. The summed E-state index contributed by atoms with van der Waals surface area (Å²) < 4.78 is 6.64. The van der Waals surface area contributed by atoms with Crippen molar-refractivity contribution in [3.63, 3.8) is 0 Å². The molecule has 0 bridgehead atoms. The SMILES string of the molecule is CC1C=CC=CC1(C)Oc1c2ccccc2cc2ccccc12. The summed E-state index contributed by atoms with van der Waals surface area (Å²) in [5, 5.41) is 4.77. The Morgan fingerprint density at radius 2 is 1.48 bits per heavy atom. The Labute approximate surface area is 136 Å². The molecule has 2 atom stereocenters. The second-order valence-electron chi connectivity index (χ2n) is 6.47. The standard InChI is InChI=1S/C22H20O/c1-16-9-7-8-14-22(16,2)23-21-19-12-5-3-10-17(19)15-18-11-4-6-13-20(18)21/h3-16H,1-2H3. The van der Waals surface area contributed by atoms with E-state index in [1.165, 1.54) is 21.5 Å². The van der Waals surface area contributed by atoms with Crippen molar-refractivity contribution in [2.45, 2.75) is 19.4 Å². The predicted octanol–water partition coefficient (Wildman–Crippen LogP) is 5.89. The average molecular weight is 300 g/mol. The first-order valence-electron chi connectivity index (χ1n) is 8.13. The van der Waals surface area contributed by atoms with Gasteiger partial charge in [-0.05, 0) is 29.8 Å². The minimum Gasteiger partial charge on any atom is -0.482 e. The van der Waals surface area contributed by atoms with E-state index in [4.69, 9.17) is 4.74 Å². The van der Waals surface area contributed by atoms with Gasteiger partial charge in [-0.15, -0.1) is 0 Å². The lowest BCUT2D eigenvalue weighted by Gasteiger charge is -2.34. The van der Waals surface area contributed by atoms with Crippen LogP contribution in [0.5, 0.6) is 5.75 Å². The van der Waals surface area contributed by atoms with Crippen LogP contribution in [0.3, 0.4) is 0 Å². The van der Waals surface area contributed by atoms with Crippen LogP contribution in [-0.2, 0) is 0 Å². The first-order valence-corrected chi connectivity index (χ1v) is 8.13. The van der Waals surface area contributed by atoms with Crippen LogP contribution in [-0.4, -0.2) is 5.60 Å². The molecule has 1 aliphatic carbocycles. The van der Waals surface area contributed by atoms with Gasteiger partial charge in [0.1, 0.15) is 11.4 Å². The number of fused-ring (bicyclic) bond motifs is 2. The maximum Gasteiger partial charge on any atom is 0.136 e. The van der Waals surface area contributed by atoms with Gasteiger partial charge >= 0.3 is 0 Å². The van der Waals surface area contributed by atoms with Crippen molar-refractivity contribution >= 4 is 21.5 Å². The molecular formula is C22H20O. The minimum absolute atomic E-state index is 0.324. The number of hydrogen-bond acceptors (Lipinski definition) is 1. The number of allylic oxidation sites excluding steroid dienone is 2. The highest BCUT2D eigenvalue weighted by molar-refractivity contribution is 6.05. The molecule has 0 N–H and O–H groups in total. The molecule has 1 aliphatic rings. The second kappa shape index (κ2) is 5.27. The molecule has 0 spiro atoms. The van der Waals surface area contributed by atoms with Gasteiger partial charge in [-0.1, -0.05) is 73.7 Å². The van der Waals surface area contributed by atoms with Crippen molar-refractivity contribution in [3.8, 4) is 5.75 Å². The van der Waals surface area contributed by atoms with Gasteiger partial charge in [0.25, 0.3) is 0 Å². The van der Waals surface area contributed by atoms with Crippen molar-refractivity contribution in [1.82, 2.24) is 0 Å². The topological polar surface area (TPSA) is 9.23 Å². The lowest BCUT2D eigenvalue weighted by molar-refractivity contribution is 0.105. The van der Waals surface area contributed by atoms with Crippen LogP contribution in [0.25, 0.3) is 21.5 Å². The van der Waals surface area contributed by atoms with Crippen LogP contribution in [0.4, 0.5) is 0 Å². The molecule has 0 saturated heterocycles. The van der Waals surface area contributed by atoms with Crippen molar-refractivity contribution in [2.75, 3.05) is 0 Å². The van der Waals surface area contributed by atoms with Gasteiger partial charge in [-0.2, -0.15) is 0 Å². The number of ether oxygens (including phenoxy) is 1. The van der Waals surface area contributed by atoms with E-state index in [2.05, 4.69) is 92.7 Å². The summed E-state index contributed by atoms with van der Waals surface area (Å²) in [6.45, 7) is 4.36. The number of hydrogen-bond donors (Lipinski definition) is 0. The van der Waals surface area contributed by atoms with Gasteiger partial charge in [0.05, 0.1) is 0 Å². The lowest BCUT2D eigenvalue weighted by atomic mass is 9.86. The van der Waals surface area contributed by atoms with Crippen LogP contribution in [0, 0.1) is 5.92 Å². The van der Waals surface area contributed by atoms with Gasteiger partial charge in [0.2, 0.25) is 0 Å². The maximum atomic E-state index is 6.64. The summed E-state index contributed by atoms with van der Waals surface area (Å²) in [6.07, 6.45) is 8.53. The molecule has 114 valence electrons. The van der Waals surface area contributed by atoms with Crippen molar-refractivity contribution in [3.05, 3.63) is 78.9 Å². The minimum atomic E-state index is -0.332. The zero-order chi connectivity index (χ0) is 15.9. The van der Waals surface area contributed by atoms with Gasteiger partial charge in [0, 0.05) is 16.7 Å². The molecule has 2 unspecified atom stereocenters. The smallest absolute Gasteiger partial charge is 0.136 e. The molecule has 1 nitrogen and oxygen atoms in total. The molecule has 0 heterocycles. The number of rotatable bonds is 2. The lowest BCUT2D eigenvalue weighted by Crippen LogP contribution is -2.37. The summed E-state index contributed by atoms with van der Waals surface area (Å²) in [5.41, 5.74) is -0.332. The first kappa shape index (κ1) is 14.1. The third kappa shape index (κ3) is 2.33. The Hall–Kier alpha value is -2.54. The van der Waals surface area contributed by atoms with Crippen molar-refractivity contribution in [1.29, 1.82) is 0 Å². The van der Waals surface area contributed by atoms with E-state index in [0.717, 1.165) is 5.75 Å². The molecule has 0 aromatic heterocycles. The fourth-order valence-electron chi connectivity index (χ4n) is 3.25. The normalized spacial score (nSPS) is 23.5. The molecule has 1 heteroatoms. The summed E-state index contributed by atoms with van der Waals surface area (Å²) in [5.74, 6) is 1.30. The van der Waals surface area contributed by atoms with E-state index in [1.54, 1.807) is 0 Å². The monoisotopic (exact) mass is 300 g/mol. The van der Waals surface area contributed by atoms with Crippen LogP contribution in [0.1, 0.15) is 13.8 Å². The average Bonchev–Trinajstić information content (AvgIpc) is 2.57. The van der Waals surface area contributed by atoms with Gasteiger partial charge in [-0.25, -0.2) is 0 Å². The highest BCUT2D eigenvalue weighted by Crippen LogP contribution is 2.39. The number of benzene rings is 3. The fraction of sp³-hybridized carbons (Fsp3) is 0.182. The van der Waals surface area contributed by atoms with Crippen molar-refractivity contribution < 1.29 is 4.74 Å². The molecule has 0 amide bonds. The molecule has 0 radical (unpaired) electrons. The molecular weight excluding hydrogens is 280 g/mol. The van der Waals surface area contributed by atoms with Crippen LogP contribution in [0.2, 0.25) is 0 Å². The summed E-state index contributed by atoms with van der Waals surface area (Å²) in [6, 6.07) is 19.1. The zero-order valence-corrected chi connectivity index (χ0v) is 13.5. The van der Waals surface area contributed by atoms with E-state index in [-0.39, 0.29) is 5.60 Å². The second-order valence-corrected chi connectivity index (χ2v) is 6.47. The largest absolute Gasteiger partial charge is 0.482 e. The van der Waals surface area contributed by atoms with Gasteiger partial charge in [-0.3, -0.25) is 0 Å². The van der Waals surface area contributed by atoms with E-state index in [9.17, 15) is 0 Å². The Morgan fingerprint density at radius 1 is 0.870 bits per heavy atom. The van der Waals surface area contributed by atoms with E-state index >= 15 is 0 Å². The third-order valence-corrected chi connectivity index (χ3v) is 4.89. The molecule has 0 fully saturated rings. The summed E-state index contributed by atoms with van der Waals surface area (Å²) in [7, 11) is 0. The molecule has 0 saturated carbocycles. The Bertz CT molecular complexity index is 881. The third-order valence-electron chi connectivity index (χ3n) is 4.89. The van der Waals surface area contributed by atoms with Gasteiger partial charge < -0.3 is 4.74 Å². The molecule has 23 heavy (non-hydrogen) atoms. The highest BCUT2D eigenvalue weighted by atomic mass is 16.5. The van der Waals surface area contributed by atoms with Crippen LogP contribution in [0.15, 0.2) is 78.9 Å². The summed E-state index contributed by atoms with van der Waals surface area (Å²) >= 11 is 0. The zero-order valence-electron chi connectivity index (χ0n) is 13.5. The van der Waals surface area contributed by atoms with Crippen LogP contribution < -0.4 is 4.74 Å². The molecule has 4 rings (SSSR count). The highest BCUT2D eigenvalue weighted by Gasteiger charge is 2.31. The molecule has 0 aliphatic heterocycles. The Kier molecular flexibility index (Phi) is 3.23. The predicted molar refractivity (Wildman–Crippen MR) is 97.9 cm³/mol. The maximum absolute atomic E-state index is 6.64. The first-order chi connectivity index (χ1) is 11.2. The summed E-state index contributed by atoms with van der Waals surface area (Å²) in [4.78, 5) is 0. The molecule has 3 aromatic rings. The van der Waals surface area contributed by atoms with Gasteiger partial charge in [0.15, 0.2) is 0 Å². The quantitative estimate of drug-likeness (QED) is 0.536. The van der Waals surface area contributed by atoms with Crippen molar-refractivity contribution in [2.24, 2.45) is 5.92 Å². The molecule has 3 aromatic carbocycles. The Morgan fingerprint density at radius 3 is 2.09 bits per heavy atom. The van der Waals surface area contributed by atoms with E-state index in [0.29, 0.717) is 5.92 Å². The van der Waals surface area contributed by atoms with E-state index < -0.39 is 0 Å². The van der Waals surface area contributed by atoms with E-state index in [1.807, 2.05) is 0 Å². The fourth-order valence-corrected chi connectivity index (χ4v) is 3.25.